The van der Waals surface area contributed by atoms with E-state index >= 15 is 0 Å². The molecule has 0 unspecified atom stereocenters. The Morgan fingerprint density at radius 3 is 2.28 bits per heavy atom. The summed E-state index contributed by atoms with van der Waals surface area (Å²) in [7, 11) is 0. The molecule has 0 aliphatic rings. The number of ether oxygens (including phenoxy) is 2. The Kier molecular flexibility index (Phi) is 7.29. The lowest BCUT2D eigenvalue weighted by Gasteiger charge is -2.15. The largest absolute Gasteiger partial charge is 0.490 e. The summed E-state index contributed by atoms with van der Waals surface area (Å²) in [5, 5.41) is 4.52. The first-order valence-electron chi connectivity index (χ1n) is 9.60. The Balaban J connectivity index is 1.68. The molecule has 0 fully saturated rings. The summed E-state index contributed by atoms with van der Waals surface area (Å²) in [6.07, 6.45) is 0. The smallest absolute Gasteiger partial charge is 0.161 e. The molecule has 0 heterocycles. The monoisotopic (exact) mass is 429 g/mol. The fourth-order valence-corrected chi connectivity index (χ4v) is 3.22. The first-order chi connectivity index (χ1) is 14.0. The Morgan fingerprint density at radius 1 is 0.759 bits per heavy atom. The number of aryl methyl sites for hydroxylation is 2. The van der Waals surface area contributed by atoms with Crippen molar-refractivity contribution in [2.45, 2.75) is 33.9 Å². The van der Waals surface area contributed by atoms with Gasteiger partial charge in [0, 0.05) is 12.2 Å². The Bertz CT molecular complexity index is 989. The third kappa shape index (κ3) is 5.81. The normalized spacial score (nSPS) is 10.7. The topological polar surface area (TPSA) is 30.5 Å². The molecule has 0 aliphatic carbocycles. The summed E-state index contributed by atoms with van der Waals surface area (Å²) in [6.45, 7) is 7.85. The van der Waals surface area contributed by atoms with E-state index in [2.05, 4.69) is 37.4 Å². The van der Waals surface area contributed by atoms with Gasteiger partial charge in [0.1, 0.15) is 6.61 Å². The van der Waals surface area contributed by atoms with Crippen LogP contribution in [0.3, 0.4) is 0 Å². The third-order valence-corrected chi connectivity index (χ3v) is 5.43. The van der Waals surface area contributed by atoms with E-state index in [4.69, 9.17) is 32.7 Å². The number of nitrogens with one attached hydrogen (secondary N) is 1. The van der Waals surface area contributed by atoms with Crippen molar-refractivity contribution in [3.8, 4) is 11.5 Å². The maximum absolute atomic E-state index is 6.08. The second-order valence-corrected chi connectivity index (χ2v) is 7.72. The van der Waals surface area contributed by atoms with Gasteiger partial charge in [0.05, 0.1) is 16.7 Å². The van der Waals surface area contributed by atoms with E-state index in [9.17, 15) is 0 Å². The molecule has 0 saturated carbocycles. The standard InChI is InChI=1S/C24H25Cl2NO2/c1-4-28-24-13-18(14-27-20-8-5-16(2)17(3)11-20)7-10-23(24)29-15-19-6-9-21(25)22(26)12-19/h5-13,27H,4,14-15H2,1-3H3. The number of hydrogen-bond acceptors (Lipinski definition) is 3. The van der Waals surface area contributed by atoms with Crippen molar-refractivity contribution in [2.24, 2.45) is 0 Å². The van der Waals surface area contributed by atoms with Gasteiger partial charge in [-0.15, -0.1) is 0 Å². The van der Waals surface area contributed by atoms with Gasteiger partial charge in [0.2, 0.25) is 0 Å². The minimum atomic E-state index is 0.386. The highest BCUT2D eigenvalue weighted by Gasteiger charge is 2.08. The minimum Gasteiger partial charge on any atom is -0.490 e. The van der Waals surface area contributed by atoms with E-state index in [1.165, 1.54) is 11.1 Å². The van der Waals surface area contributed by atoms with Gasteiger partial charge >= 0.3 is 0 Å². The molecule has 152 valence electrons. The summed E-state index contributed by atoms with van der Waals surface area (Å²) in [4.78, 5) is 0. The molecule has 3 nitrogen and oxygen atoms in total. The maximum atomic E-state index is 6.08. The summed E-state index contributed by atoms with van der Waals surface area (Å²) < 4.78 is 11.8. The summed E-state index contributed by atoms with van der Waals surface area (Å²) in [6, 6.07) is 17.9. The molecule has 5 heteroatoms. The van der Waals surface area contributed by atoms with Gasteiger partial charge in [-0.2, -0.15) is 0 Å². The van der Waals surface area contributed by atoms with Gasteiger partial charge in [0.15, 0.2) is 11.5 Å². The van der Waals surface area contributed by atoms with Crippen molar-refractivity contribution in [3.05, 3.63) is 86.9 Å². The summed E-state index contributed by atoms with van der Waals surface area (Å²) in [5.41, 5.74) is 5.73. The molecule has 0 saturated heterocycles. The van der Waals surface area contributed by atoms with Gasteiger partial charge < -0.3 is 14.8 Å². The number of benzene rings is 3. The average Bonchev–Trinajstić information content (AvgIpc) is 2.71. The Labute approximate surface area is 182 Å². The molecule has 0 bridgehead atoms. The minimum absolute atomic E-state index is 0.386. The van der Waals surface area contributed by atoms with Gasteiger partial charge in [-0.3, -0.25) is 0 Å². The molecule has 0 atom stereocenters. The first kappa shape index (κ1) is 21.4. The van der Waals surface area contributed by atoms with Gasteiger partial charge in [0.25, 0.3) is 0 Å². The maximum Gasteiger partial charge on any atom is 0.161 e. The number of rotatable bonds is 8. The van der Waals surface area contributed by atoms with Crippen molar-refractivity contribution in [2.75, 3.05) is 11.9 Å². The summed E-state index contributed by atoms with van der Waals surface area (Å²) in [5.74, 6) is 1.43. The molecule has 3 aromatic rings. The second kappa shape index (κ2) is 9.91. The highest BCUT2D eigenvalue weighted by Crippen LogP contribution is 2.30. The van der Waals surface area contributed by atoms with Crippen molar-refractivity contribution in [3.63, 3.8) is 0 Å². The molecule has 0 spiro atoms. The molecular weight excluding hydrogens is 405 g/mol. The van der Waals surface area contributed by atoms with E-state index in [0.717, 1.165) is 22.6 Å². The predicted octanol–water partition coefficient (Wildman–Crippen LogP) is 7.20. The number of anilines is 1. The molecule has 3 rings (SSSR count). The lowest BCUT2D eigenvalue weighted by Crippen LogP contribution is -2.03. The van der Waals surface area contributed by atoms with Crippen LogP contribution in [0, 0.1) is 13.8 Å². The zero-order valence-corrected chi connectivity index (χ0v) is 18.4. The highest BCUT2D eigenvalue weighted by atomic mass is 35.5. The van der Waals surface area contributed by atoms with Crippen LogP contribution in [0.25, 0.3) is 0 Å². The van der Waals surface area contributed by atoms with Crippen molar-refractivity contribution in [1.29, 1.82) is 0 Å². The molecule has 0 aromatic heterocycles. The second-order valence-electron chi connectivity index (χ2n) is 6.90. The van der Waals surface area contributed by atoms with E-state index in [1.54, 1.807) is 6.07 Å². The Morgan fingerprint density at radius 2 is 1.55 bits per heavy atom. The zero-order valence-electron chi connectivity index (χ0n) is 16.9. The van der Waals surface area contributed by atoms with Gasteiger partial charge in [-0.25, -0.2) is 0 Å². The van der Waals surface area contributed by atoms with Crippen LogP contribution in [0.1, 0.15) is 29.2 Å². The van der Waals surface area contributed by atoms with Crippen LogP contribution < -0.4 is 14.8 Å². The quantitative estimate of drug-likeness (QED) is 0.410. The molecule has 0 aliphatic heterocycles. The summed E-state index contributed by atoms with van der Waals surface area (Å²) >= 11 is 12.1. The Hall–Kier alpha value is -2.36. The van der Waals surface area contributed by atoms with Crippen molar-refractivity contribution in [1.82, 2.24) is 0 Å². The van der Waals surface area contributed by atoms with Crippen LogP contribution in [0.5, 0.6) is 11.5 Å². The molecule has 29 heavy (non-hydrogen) atoms. The zero-order chi connectivity index (χ0) is 20.8. The van der Waals surface area contributed by atoms with Crippen LogP contribution in [-0.2, 0) is 13.2 Å². The first-order valence-corrected chi connectivity index (χ1v) is 10.4. The van der Waals surface area contributed by atoms with E-state index in [0.29, 0.717) is 35.6 Å². The van der Waals surface area contributed by atoms with Gasteiger partial charge in [-0.1, -0.05) is 41.4 Å². The van der Waals surface area contributed by atoms with E-state index in [-0.39, 0.29) is 0 Å². The lowest BCUT2D eigenvalue weighted by atomic mass is 10.1. The predicted molar refractivity (Wildman–Crippen MR) is 122 cm³/mol. The fourth-order valence-electron chi connectivity index (χ4n) is 2.90. The molecule has 0 amide bonds. The van der Waals surface area contributed by atoms with E-state index < -0.39 is 0 Å². The van der Waals surface area contributed by atoms with Crippen LogP contribution in [0.2, 0.25) is 10.0 Å². The fraction of sp³-hybridized carbons (Fsp3) is 0.250. The van der Waals surface area contributed by atoms with Crippen LogP contribution in [0.15, 0.2) is 54.6 Å². The highest BCUT2D eigenvalue weighted by molar-refractivity contribution is 6.42. The molecule has 0 radical (unpaired) electrons. The molecule has 3 aromatic carbocycles. The van der Waals surface area contributed by atoms with E-state index in [1.807, 2.05) is 37.3 Å². The average molecular weight is 430 g/mol. The molecular formula is C24H25Cl2NO2. The third-order valence-electron chi connectivity index (χ3n) is 4.69. The number of halogens is 2. The van der Waals surface area contributed by atoms with Crippen LogP contribution in [0.4, 0.5) is 5.69 Å². The SMILES string of the molecule is CCOc1cc(CNc2ccc(C)c(C)c2)ccc1OCc1ccc(Cl)c(Cl)c1. The van der Waals surface area contributed by atoms with Crippen LogP contribution in [-0.4, -0.2) is 6.61 Å². The van der Waals surface area contributed by atoms with Gasteiger partial charge in [-0.05, 0) is 79.4 Å². The number of hydrogen-bond donors (Lipinski definition) is 1. The molecule has 1 N–H and O–H groups in total. The van der Waals surface area contributed by atoms with Crippen LogP contribution >= 0.6 is 23.2 Å². The van der Waals surface area contributed by atoms with Crippen molar-refractivity contribution >= 4 is 28.9 Å². The van der Waals surface area contributed by atoms with Crippen molar-refractivity contribution < 1.29 is 9.47 Å². The lowest BCUT2D eigenvalue weighted by molar-refractivity contribution is 0.269.